The van der Waals surface area contributed by atoms with Gasteiger partial charge in [0.15, 0.2) is 0 Å². The summed E-state index contributed by atoms with van der Waals surface area (Å²) in [6.07, 6.45) is 0.170. The van der Waals surface area contributed by atoms with E-state index >= 15 is 0 Å². The highest BCUT2D eigenvalue weighted by Gasteiger charge is 1.96. The van der Waals surface area contributed by atoms with Gasteiger partial charge in [-0.2, -0.15) is 0 Å². The van der Waals surface area contributed by atoms with E-state index in [4.69, 9.17) is 9.57 Å². The molecule has 0 saturated heterocycles. The molecule has 0 aromatic carbocycles. The van der Waals surface area contributed by atoms with Crippen molar-refractivity contribution in [2.45, 2.75) is 20.0 Å². The summed E-state index contributed by atoms with van der Waals surface area (Å²) >= 11 is 0. The fraction of sp³-hybridized carbons (Fsp3) is 1.00. The Labute approximate surface area is 56.3 Å². The van der Waals surface area contributed by atoms with Crippen LogP contribution in [0.2, 0.25) is 0 Å². The molecular weight excluding hydrogens is 118 g/mol. The third kappa shape index (κ3) is 5.76. The molecule has 1 unspecified atom stereocenters. The first kappa shape index (κ1) is 8.88. The molecular formula is C6H15NO2. The molecule has 9 heavy (non-hydrogen) atoms. The zero-order valence-electron chi connectivity index (χ0n) is 6.31. The molecule has 0 heterocycles. The van der Waals surface area contributed by atoms with Crippen LogP contribution in [0.3, 0.4) is 0 Å². The number of ether oxygens (including phenoxy) is 1. The zero-order valence-corrected chi connectivity index (χ0v) is 6.31. The zero-order chi connectivity index (χ0) is 7.11. The second-order valence-corrected chi connectivity index (χ2v) is 1.86. The van der Waals surface area contributed by atoms with Crippen LogP contribution in [0.5, 0.6) is 0 Å². The van der Waals surface area contributed by atoms with Gasteiger partial charge in [-0.1, -0.05) is 6.92 Å². The summed E-state index contributed by atoms with van der Waals surface area (Å²) in [5.41, 5.74) is 2.73. The summed E-state index contributed by atoms with van der Waals surface area (Å²) in [5, 5.41) is 0. The highest BCUT2D eigenvalue weighted by atomic mass is 16.7. The average Bonchev–Trinajstić information content (AvgIpc) is 1.89. The van der Waals surface area contributed by atoms with Crippen LogP contribution >= 0.6 is 0 Å². The second-order valence-electron chi connectivity index (χ2n) is 1.86. The Morgan fingerprint density at radius 1 is 1.56 bits per heavy atom. The molecule has 56 valence electrons. The van der Waals surface area contributed by atoms with E-state index in [9.17, 15) is 0 Å². The predicted molar refractivity (Wildman–Crippen MR) is 36.1 cm³/mol. The van der Waals surface area contributed by atoms with Crippen LogP contribution < -0.4 is 5.48 Å². The van der Waals surface area contributed by atoms with Gasteiger partial charge in [0.05, 0.1) is 12.7 Å². The molecule has 0 amide bonds. The number of methoxy groups -OCH3 is 1. The Balaban J connectivity index is 2.88. The maximum Gasteiger partial charge on any atom is 0.0941 e. The van der Waals surface area contributed by atoms with Crippen molar-refractivity contribution in [1.29, 1.82) is 0 Å². The molecule has 0 fully saturated rings. The molecule has 0 aliphatic rings. The first-order chi connectivity index (χ1) is 4.31. The van der Waals surface area contributed by atoms with E-state index in [0.29, 0.717) is 6.61 Å². The summed E-state index contributed by atoms with van der Waals surface area (Å²) in [4.78, 5) is 4.96. The summed E-state index contributed by atoms with van der Waals surface area (Å²) in [6.45, 7) is 5.37. The van der Waals surface area contributed by atoms with Gasteiger partial charge in [0, 0.05) is 13.7 Å². The van der Waals surface area contributed by atoms with Crippen LogP contribution in [-0.4, -0.2) is 26.4 Å². The Kier molecular flexibility index (Phi) is 5.93. The van der Waals surface area contributed by atoms with Crippen LogP contribution in [0.25, 0.3) is 0 Å². The number of hydrogen-bond acceptors (Lipinski definition) is 3. The molecule has 0 saturated carbocycles. The van der Waals surface area contributed by atoms with Gasteiger partial charge in [-0.25, -0.2) is 5.48 Å². The van der Waals surface area contributed by atoms with Crippen LogP contribution in [0.4, 0.5) is 0 Å². The summed E-state index contributed by atoms with van der Waals surface area (Å²) in [5.74, 6) is 0. The quantitative estimate of drug-likeness (QED) is 0.439. The van der Waals surface area contributed by atoms with Crippen molar-refractivity contribution in [2.24, 2.45) is 0 Å². The van der Waals surface area contributed by atoms with Crippen molar-refractivity contribution >= 4 is 0 Å². The minimum Gasteiger partial charge on any atom is -0.379 e. The van der Waals surface area contributed by atoms with E-state index in [1.54, 1.807) is 7.11 Å². The van der Waals surface area contributed by atoms with Crippen molar-refractivity contribution in [2.75, 3.05) is 20.3 Å². The van der Waals surface area contributed by atoms with Gasteiger partial charge in [0.25, 0.3) is 0 Å². The largest absolute Gasteiger partial charge is 0.379 e. The molecule has 0 bridgehead atoms. The van der Waals surface area contributed by atoms with E-state index in [0.717, 1.165) is 6.54 Å². The molecule has 0 aliphatic heterocycles. The monoisotopic (exact) mass is 133 g/mol. The third-order valence-electron chi connectivity index (χ3n) is 0.967. The van der Waals surface area contributed by atoms with Crippen molar-refractivity contribution in [3.63, 3.8) is 0 Å². The molecule has 3 heteroatoms. The lowest BCUT2D eigenvalue weighted by Crippen LogP contribution is -2.21. The van der Waals surface area contributed by atoms with Crippen LogP contribution in [0, 0.1) is 0 Å². The maximum atomic E-state index is 4.96. The first-order valence-corrected chi connectivity index (χ1v) is 3.18. The smallest absolute Gasteiger partial charge is 0.0941 e. The molecule has 1 atom stereocenters. The Bertz CT molecular complexity index is 59.0. The lowest BCUT2D eigenvalue weighted by molar-refractivity contribution is -0.0268. The molecule has 0 radical (unpaired) electrons. The first-order valence-electron chi connectivity index (χ1n) is 3.18. The number of hydroxylamine groups is 1. The van der Waals surface area contributed by atoms with E-state index < -0.39 is 0 Å². The summed E-state index contributed by atoms with van der Waals surface area (Å²) in [6, 6.07) is 0. The van der Waals surface area contributed by atoms with Gasteiger partial charge in [-0.3, -0.25) is 4.84 Å². The van der Waals surface area contributed by atoms with E-state index in [2.05, 4.69) is 5.48 Å². The van der Waals surface area contributed by atoms with Crippen molar-refractivity contribution in [3.05, 3.63) is 0 Å². The van der Waals surface area contributed by atoms with Gasteiger partial charge in [0.1, 0.15) is 0 Å². The highest BCUT2D eigenvalue weighted by molar-refractivity contribution is 4.41. The van der Waals surface area contributed by atoms with Gasteiger partial charge >= 0.3 is 0 Å². The molecule has 0 aliphatic carbocycles. The maximum absolute atomic E-state index is 4.96. The van der Waals surface area contributed by atoms with Gasteiger partial charge in [-0.05, 0) is 6.92 Å². The Morgan fingerprint density at radius 3 is 2.67 bits per heavy atom. The summed E-state index contributed by atoms with van der Waals surface area (Å²) < 4.78 is 4.93. The molecule has 3 nitrogen and oxygen atoms in total. The molecule has 0 aromatic heterocycles. The molecule has 1 N–H and O–H groups in total. The number of hydrogen-bond donors (Lipinski definition) is 1. The van der Waals surface area contributed by atoms with Crippen LogP contribution in [0.1, 0.15) is 13.8 Å². The highest BCUT2D eigenvalue weighted by Crippen LogP contribution is 1.85. The SMILES string of the molecule is CCNOCC(C)OC. The minimum absolute atomic E-state index is 0.170. The number of rotatable bonds is 5. The van der Waals surface area contributed by atoms with Crippen molar-refractivity contribution in [1.82, 2.24) is 5.48 Å². The van der Waals surface area contributed by atoms with Gasteiger partial charge in [0.2, 0.25) is 0 Å². The number of nitrogens with one attached hydrogen (secondary N) is 1. The Morgan fingerprint density at radius 2 is 2.22 bits per heavy atom. The second kappa shape index (κ2) is 6.01. The Hall–Kier alpha value is -0.120. The van der Waals surface area contributed by atoms with E-state index in [1.165, 1.54) is 0 Å². The van der Waals surface area contributed by atoms with Gasteiger partial charge < -0.3 is 4.74 Å². The molecule has 0 spiro atoms. The van der Waals surface area contributed by atoms with Crippen LogP contribution in [-0.2, 0) is 9.57 Å². The lowest BCUT2D eigenvalue weighted by atomic mass is 10.4. The van der Waals surface area contributed by atoms with Crippen molar-refractivity contribution in [3.8, 4) is 0 Å². The van der Waals surface area contributed by atoms with E-state index in [-0.39, 0.29) is 6.10 Å². The molecule has 0 rings (SSSR count). The van der Waals surface area contributed by atoms with E-state index in [1.807, 2.05) is 13.8 Å². The molecule has 0 aromatic rings. The average molecular weight is 133 g/mol. The fourth-order valence-electron chi connectivity index (χ4n) is 0.346. The van der Waals surface area contributed by atoms with Gasteiger partial charge in [-0.15, -0.1) is 0 Å². The minimum atomic E-state index is 0.170. The van der Waals surface area contributed by atoms with Crippen LogP contribution in [0.15, 0.2) is 0 Å². The predicted octanol–water partition coefficient (Wildman–Crippen LogP) is 0.562. The topological polar surface area (TPSA) is 30.5 Å². The standard InChI is InChI=1S/C6H15NO2/c1-4-7-9-5-6(2)8-3/h6-7H,4-5H2,1-3H3. The van der Waals surface area contributed by atoms with Crippen molar-refractivity contribution < 1.29 is 9.57 Å². The fourth-order valence-corrected chi connectivity index (χ4v) is 0.346. The normalized spacial score (nSPS) is 13.7. The lowest BCUT2D eigenvalue weighted by Gasteiger charge is -2.08. The third-order valence-corrected chi connectivity index (χ3v) is 0.967. The summed E-state index contributed by atoms with van der Waals surface area (Å²) in [7, 11) is 1.67.